The van der Waals surface area contributed by atoms with Crippen molar-refractivity contribution in [3.05, 3.63) is 23.2 Å². The highest BCUT2D eigenvalue weighted by molar-refractivity contribution is 7.92. The predicted octanol–water partition coefficient (Wildman–Crippen LogP) is 2.27. The summed E-state index contributed by atoms with van der Waals surface area (Å²) in [6, 6.07) is 5.16. The van der Waals surface area contributed by atoms with Crippen molar-refractivity contribution in [2.24, 2.45) is 0 Å². The molecule has 1 saturated carbocycles. The Morgan fingerprint density at radius 2 is 1.97 bits per heavy atom. The van der Waals surface area contributed by atoms with E-state index < -0.39 is 38.7 Å². The number of nitrogens with one attached hydrogen (secondary N) is 1. The molecule has 2 atom stereocenters. The Labute approximate surface area is 209 Å². The van der Waals surface area contributed by atoms with E-state index in [1.807, 2.05) is 6.07 Å². The molecule has 0 unspecified atom stereocenters. The number of carbonyl (C=O) groups is 2. The van der Waals surface area contributed by atoms with Crippen LogP contribution in [0.3, 0.4) is 0 Å². The van der Waals surface area contributed by atoms with Crippen LogP contribution in [0.5, 0.6) is 5.75 Å². The Morgan fingerprint density at radius 3 is 2.57 bits per heavy atom. The number of likely N-dealkylation sites (tertiary alicyclic amines) is 2. The quantitative estimate of drug-likeness (QED) is 0.527. The van der Waals surface area contributed by atoms with Crippen molar-refractivity contribution in [2.75, 3.05) is 32.8 Å². The van der Waals surface area contributed by atoms with Gasteiger partial charge in [-0.25, -0.2) is 13.2 Å². The summed E-state index contributed by atoms with van der Waals surface area (Å²) in [6.07, 6.45) is 2.97. The average molecular weight is 525 g/mol. The molecule has 3 fully saturated rings. The van der Waals surface area contributed by atoms with Crippen LogP contribution < -0.4 is 10.1 Å². The molecule has 10 nitrogen and oxygen atoms in total. The zero-order valence-corrected chi connectivity index (χ0v) is 20.9. The first-order valence-corrected chi connectivity index (χ1v) is 13.7. The van der Waals surface area contributed by atoms with Gasteiger partial charge in [-0.2, -0.15) is 5.26 Å². The molecule has 4 rings (SSSR count). The molecule has 2 amide bonds. The van der Waals surface area contributed by atoms with Gasteiger partial charge in [0.2, 0.25) is 5.91 Å². The number of rotatable bonds is 8. The highest BCUT2D eigenvalue weighted by Gasteiger charge is 2.50. The minimum Gasteiger partial charge on any atom is -0.492 e. The standard InChI is InChI=1S/C23H29ClN4O6S/c24-18-12-16(34-11-10-27-8-2-1-3-9-27)4-5-20(18)35(32,33)17-13-19(28(14-17)22(30)31)21(29)26-23(15-25)6-7-23/h4-5,12,17,19H,1-3,6-11,13-14H2,(H,26,29)(H,30,31)/t17-,19+/m1/s1. The molecule has 0 aromatic heterocycles. The van der Waals surface area contributed by atoms with Crippen LogP contribution in [-0.4, -0.2) is 84.9 Å². The smallest absolute Gasteiger partial charge is 0.408 e. The number of halogens is 1. The van der Waals surface area contributed by atoms with Crippen LogP contribution in [0.4, 0.5) is 4.79 Å². The fourth-order valence-corrected chi connectivity index (χ4v) is 6.88. The number of sulfone groups is 1. The van der Waals surface area contributed by atoms with Crippen molar-refractivity contribution < 1.29 is 27.9 Å². The molecular weight excluding hydrogens is 496 g/mol. The van der Waals surface area contributed by atoms with Gasteiger partial charge in [-0.15, -0.1) is 0 Å². The second-order valence-corrected chi connectivity index (χ2v) is 12.0. The van der Waals surface area contributed by atoms with Gasteiger partial charge in [0.05, 0.1) is 21.2 Å². The second-order valence-electron chi connectivity index (χ2n) is 9.38. The molecule has 0 bridgehead atoms. The van der Waals surface area contributed by atoms with Crippen molar-refractivity contribution in [2.45, 2.75) is 60.3 Å². The zero-order chi connectivity index (χ0) is 25.2. The van der Waals surface area contributed by atoms with E-state index in [2.05, 4.69) is 10.2 Å². The van der Waals surface area contributed by atoms with Gasteiger partial charge in [-0.3, -0.25) is 14.6 Å². The minimum absolute atomic E-state index is 0.0170. The van der Waals surface area contributed by atoms with Crippen molar-refractivity contribution in [3.63, 3.8) is 0 Å². The van der Waals surface area contributed by atoms with Crippen LogP contribution in [0.1, 0.15) is 38.5 Å². The lowest BCUT2D eigenvalue weighted by Crippen LogP contribution is -2.49. The Morgan fingerprint density at radius 1 is 1.26 bits per heavy atom. The number of benzene rings is 1. The molecule has 12 heteroatoms. The molecule has 2 heterocycles. The van der Waals surface area contributed by atoms with E-state index in [-0.39, 0.29) is 22.9 Å². The van der Waals surface area contributed by atoms with Crippen molar-refractivity contribution >= 4 is 33.4 Å². The van der Waals surface area contributed by atoms with E-state index >= 15 is 0 Å². The summed E-state index contributed by atoms with van der Waals surface area (Å²) in [5.41, 5.74) is -0.981. The normalized spacial score (nSPS) is 23.9. The fraction of sp³-hybridized carbons (Fsp3) is 0.609. The number of nitrogens with zero attached hydrogens (tertiary/aromatic N) is 3. The summed E-state index contributed by atoms with van der Waals surface area (Å²) in [6.45, 7) is 2.97. The molecular formula is C23H29ClN4O6S. The molecule has 1 aromatic carbocycles. The highest BCUT2D eigenvalue weighted by atomic mass is 35.5. The van der Waals surface area contributed by atoms with Gasteiger partial charge >= 0.3 is 6.09 Å². The lowest BCUT2D eigenvalue weighted by Gasteiger charge is -2.26. The van der Waals surface area contributed by atoms with Gasteiger partial charge < -0.3 is 15.2 Å². The van der Waals surface area contributed by atoms with Crippen molar-refractivity contribution in [1.29, 1.82) is 5.26 Å². The van der Waals surface area contributed by atoms with Crippen LogP contribution >= 0.6 is 11.6 Å². The maximum Gasteiger partial charge on any atom is 0.408 e. The molecule has 1 aliphatic carbocycles. The van der Waals surface area contributed by atoms with E-state index in [1.54, 1.807) is 0 Å². The molecule has 0 radical (unpaired) electrons. The number of amides is 2. The molecule has 2 aliphatic heterocycles. The Balaban J connectivity index is 1.42. The van der Waals surface area contributed by atoms with Gasteiger partial charge in [0.25, 0.3) is 0 Å². The highest BCUT2D eigenvalue weighted by Crippen LogP contribution is 2.37. The molecule has 2 saturated heterocycles. The summed E-state index contributed by atoms with van der Waals surface area (Å²) < 4.78 is 32.4. The third-order valence-corrected chi connectivity index (χ3v) is 9.52. The van der Waals surface area contributed by atoms with Gasteiger partial charge in [0.15, 0.2) is 9.84 Å². The maximum absolute atomic E-state index is 13.3. The van der Waals surface area contributed by atoms with Crippen LogP contribution in [0.2, 0.25) is 5.02 Å². The molecule has 0 spiro atoms. The fourth-order valence-electron chi connectivity index (χ4n) is 4.65. The van der Waals surface area contributed by atoms with E-state index in [0.29, 0.717) is 25.2 Å². The Bertz CT molecular complexity index is 1130. The van der Waals surface area contributed by atoms with E-state index in [4.69, 9.17) is 16.3 Å². The van der Waals surface area contributed by atoms with Crippen LogP contribution in [0.25, 0.3) is 0 Å². The lowest BCUT2D eigenvalue weighted by atomic mass is 10.1. The number of carbonyl (C=O) groups excluding carboxylic acids is 1. The lowest BCUT2D eigenvalue weighted by molar-refractivity contribution is -0.125. The first-order valence-electron chi connectivity index (χ1n) is 11.8. The monoisotopic (exact) mass is 524 g/mol. The number of hydrogen-bond donors (Lipinski definition) is 2. The summed E-state index contributed by atoms with van der Waals surface area (Å²) in [4.78, 5) is 27.5. The number of piperidine rings is 1. The number of carboxylic acid groups (broad SMARTS) is 1. The minimum atomic E-state index is -4.04. The largest absolute Gasteiger partial charge is 0.492 e. The third kappa shape index (κ3) is 5.66. The first kappa shape index (κ1) is 25.5. The van der Waals surface area contributed by atoms with Gasteiger partial charge in [0.1, 0.15) is 23.9 Å². The van der Waals surface area contributed by atoms with Crippen LogP contribution in [0, 0.1) is 11.3 Å². The van der Waals surface area contributed by atoms with Gasteiger partial charge in [-0.05, 0) is 57.3 Å². The Kier molecular flexibility index (Phi) is 7.45. The third-order valence-electron chi connectivity index (χ3n) is 6.91. The molecule has 3 aliphatic rings. The summed E-state index contributed by atoms with van der Waals surface area (Å²) in [5.74, 6) is -0.208. The summed E-state index contributed by atoms with van der Waals surface area (Å²) in [7, 11) is -4.04. The number of nitriles is 1. The van der Waals surface area contributed by atoms with Crippen molar-refractivity contribution in [1.82, 2.24) is 15.1 Å². The van der Waals surface area contributed by atoms with Crippen molar-refractivity contribution in [3.8, 4) is 11.8 Å². The predicted molar refractivity (Wildman–Crippen MR) is 127 cm³/mol. The summed E-state index contributed by atoms with van der Waals surface area (Å²) in [5, 5.41) is 20.2. The maximum atomic E-state index is 13.3. The summed E-state index contributed by atoms with van der Waals surface area (Å²) >= 11 is 6.32. The number of ether oxygens (including phenoxy) is 1. The SMILES string of the molecule is N#CC1(NC(=O)[C@@H]2C[C@@H](S(=O)(=O)c3ccc(OCCN4CCCCC4)cc3Cl)CN2C(=O)O)CC1. The van der Waals surface area contributed by atoms with Crippen LogP contribution in [0.15, 0.2) is 23.1 Å². The topological polar surface area (TPSA) is 140 Å². The molecule has 2 N–H and O–H groups in total. The molecule has 190 valence electrons. The Hall–Kier alpha value is -2.55. The molecule has 35 heavy (non-hydrogen) atoms. The average Bonchev–Trinajstić information content (AvgIpc) is 3.43. The van der Waals surface area contributed by atoms with E-state index in [9.17, 15) is 28.4 Å². The van der Waals surface area contributed by atoms with Gasteiger partial charge in [-0.1, -0.05) is 18.0 Å². The van der Waals surface area contributed by atoms with E-state index in [0.717, 1.165) is 24.5 Å². The second kappa shape index (κ2) is 10.2. The molecule has 1 aromatic rings. The first-order chi connectivity index (χ1) is 16.6. The number of hydrogen-bond acceptors (Lipinski definition) is 7. The van der Waals surface area contributed by atoms with E-state index in [1.165, 1.54) is 37.5 Å². The van der Waals surface area contributed by atoms with Crippen LogP contribution in [-0.2, 0) is 14.6 Å². The van der Waals surface area contributed by atoms with Gasteiger partial charge in [0, 0.05) is 19.2 Å². The zero-order valence-electron chi connectivity index (χ0n) is 19.3.